The number of benzene rings is 1. The van der Waals surface area contributed by atoms with Crippen LogP contribution in [0.5, 0.6) is 5.75 Å². The van der Waals surface area contributed by atoms with Crippen LogP contribution in [-0.4, -0.2) is 38.3 Å². The molecule has 156 valence electrons. The third-order valence-corrected chi connectivity index (χ3v) is 12.9. The minimum Gasteiger partial charge on any atom is -0.543 e. The Balaban J connectivity index is 1.95. The molecule has 3 rings (SSSR count). The standard InChI is InChI=1S/C23H37NO3Si/c1-15(2)28(16(3)4,17(5)6)27-20-10-8-19-9-11-22-23(21(19)14-20)26-13-12-24(22)18(7)25/h8,10,14-17,22-23H,9,11-13H2,1-7H3. The van der Waals surface area contributed by atoms with E-state index in [9.17, 15) is 4.79 Å². The summed E-state index contributed by atoms with van der Waals surface area (Å²) in [6.07, 6.45) is 1.93. The van der Waals surface area contributed by atoms with Crippen molar-refractivity contribution in [2.45, 2.75) is 90.1 Å². The lowest BCUT2D eigenvalue weighted by atomic mass is 9.84. The molecular formula is C23H37NO3Si. The quantitative estimate of drug-likeness (QED) is 0.611. The van der Waals surface area contributed by atoms with Crippen LogP contribution in [0.1, 0.15) is 72.1 Å². The third kappa shape index (κ3) is 3.63. The highest BCUT2D eigenvalue weighted by atomic mass is 28.4. The molecule has 1 saturated heterocycles. The summed E-state index contributed by atoms with van der Waals surface area (Å²) in [6.45, 7) is 16.9. The van der Waals surface area contributed by atoms with Gasteiger partial charge in [0.15, 0.2) is 0 Å². The maximum Gasteiger partial charge on any atom is 0.258 e. The lowest BCUT2D eigenvalue weighted by molar-refractivity contribution is -0.145. The molecule has 0 saturated carbocycles. The Morgan fingerprint density at radius 1 is 1.14 bits per heavy atom. The van der Waals surface area contributed by atoms with Gasteiger partial charge in [0.2, 0.25) is 5.91 Å². The first-order chi connectivity index (χ1) is 13.2. The maximum atomic E-state index is 12.1. The fraction of sp³-hybridized carbons (Fsp3) is 0.696. The molecule has 0 N–H and O–H groups in total. The lowest BCUT2D eigenvalue weighted by Crippen LogP contribution is -2.51. The number of amides is 1. The summed E-state index contributed by atoms with van der Waals surface area (Å²) >= 11 is 0. The molecule has 1 fully saturated rings. The van der Waals surface area contributed by atoms with Crippen LogP contribution >= 0.6 is 0 Å². The number of nitrogens with zero attached hydrogens (tertiary/aromatic N) is 1. The van der Waals surface area contributed by atoms with Crippen LogP contribution in [0.15, 0.2) is 18.2 Å². The fourth-order valence-corrected chi connectivity index (χ4v) is 10.9. The van der Waals surface area contributed by atoms with Crippen molar-refractivity contribution in [3.63, 3.8) is 0 Å². The van der Waals surface area contributed by atoms with Crippen LogP contribution in [0.25, 0.3) is 0 Å². The highest BCUT2D eigenvalue weighted by Crippen LogP contribution is 2.44. The molecule has 5 heteroatoms. The number of carbonyl (C=O) groups is 1. The molecule has 4 nitrogen and oxygen atoms in total. The third-order valence-electron chi connectivity index (χ3n) is 6.92. The van der Waals surface area contributed by atoms with E-state index in [-0.39, 0.29) is 18.1 Å². The number of rotatable bonds is 5. The first kappa shape index (κ1) is 21.4. The number of hydrogen-bond donors (Lipinski definition) is 0. The average Bonchev–Trinajstić information content (AvgIpc) is 2.64. The van der Waals surface area contributed by atoms with E-state index < -0.39 is 8.32 Å². The molecule has 0 aromatic heterocycles. The van der Waals surface area contributed by atoms with E-state index in [1.807, 2.05) is 4.90 Å². The second-order valence-electron chi connectivity index (χ2n) is 9.39. The maximum absolute atomic E-state index is 12.1. The molecular weight excluding hydrogens is 366 g/mol. The van der Waals surface area contributed by atoms with E-state index in [1.165, 1.54) is 11.1 Å². The summed E-state index contributed by atoms with van der Waals surface area (Å²) in [6, 6.07) is 6.73. The van der Waals surface area contributed by atoms with Crippen molar-refractivity contribution in [3.8, 4) is 5.75 Å². The van der Waals surface area contributed by atoms with Gasteiger partial charge in [-0.2, -0.15) is 0 Å². The van der Waals surface area contributed by atoms with Crippen molar-refractivity contribution in [1.82, 2.24) is 4.90 Å². The molecule has 1 aliphatic carbocycles. The fourth-order valence-electron chi connectivity index (χ4n) is 5.70. The van der Waals surface area contributed by atoms with Crippen LogP contribution in [0.4, 0.5) is 0 Å². The van der Waals surface area contributed by atoms with Crippen molar-refractivity contribution in [2.24, 2.45) is 0 Å². The summed E-state index contributed by atoms with van der Waals surface area (Å²) in [7, 11) is -1.99. The van der Waals surface area contributed by atoms with Gasteiger partial charge in [-0.1, -0.05) is 47.6 Å². The lowest BCUT2D eigenvalue weighted by Gasteiger charge is -2.45. The number of fused-ring (bicyclic) bond motifs is 3. The number of morpholine rings is 1. The van der Waals surface area contributed by atoms with Crippen molar-refractivity contribution in [3.05, 3.63) is 29.3 Å². The van der Waals surface area contributed by atoms with Gasteiger partial charge in [0.25, 0.3) is 8.32 Å². The second kappa shape index (κ2) is 8.19. The zero-order chi connectivity index (χ0) is 20.6. The molecule has 2 unspecified atom stereocenters. The Hall–Kier alpha value is -1.33. The van der Waals surface area contributed by atoms with Crippen molar-refractivity contribution in [1.29, 1.82) is 0 Å². The Morgan fingerprint density at radius 3 is 2.36 bits per heavy atom. The number of hydrogen-bond acceptors (Lipinski definition) is 3. The van der Waals surface area contributed by atoms with Crippen molar-refractivity contribution in [2.75, 3.05) is 13.2 Å². The van der Waals surface area contributed by atoms with Gasteiger partial charge in [-0.15, -0.1) is 0 Å². The van der Waals surface area contributed by atoms with Gasteiger partial charge in [-0.3, -0.25) is 4.79 Å². The number of carbonyl (C=O) groups excluding carboxylic acids is 1. The minimum absolute atomic E-state index is 0.0295. The van der Waals surface area contributed by atoms with Crippen LogP contribution in [0.2, 0.25) is 16.6 Å². The summed E-state index contributed by atoms with van der Waals surface area (Å²) < 4.78 is 13.1. The van der Waals surface area contributed by atoms with Gasteiger partial charge in [-0.25, -0.2) is 0 Å². The van der Waals surface area contributed by atoms with Crippen LogP contribution in [-0.2, 0) is 16.0 Å². The summed E-state index contributed by atoms with van der Waals surface area (Å²) in [5.74, 6) is 1.13. The van der Waals surface area contributed by atoms with E-state index in [1.54, 1.807) is 6.92 Å². The van der Waals surface area contributed by atoms with E-state index in [0.717, 1.165) is 18.6 Å². The van der Waals surface area contributed by atoms with Crippen molar-refractivity contribution < 1.29 is 14.0 Å². The normalized spacial score (nSPS) is 22.4. The molecule has 2 atom stereocenters. The zero-order valence-corrected chi connectivity index (χ0v) is 19.6. The first-order valence-corrected chi connectivity index (χ1v) is 13.0. The van der Waals surface area contributed by atoms with E-state index in [2.05, 4.69) is 59.7 Å². The molecule has 28 heavy (non-hydrogen) atoms. The minimum atomic E-state index is -1.99. The smallest absolute Gasteiger partial charge is 0.258 e. The van der Waals surface area contributed by atoms with Gasteiger partial charge in [0.1, 0.15) is 11.9 Å². The first-order valence-electron chi connectivity index (χ1n) is 10.9. The van der Waals surface area contributed by atoms with E-state index in [0.29, 0.717) is 29.8 Å². The largest absolute Gasteiger partial charge is 0.543 e. The molecule has 1 amide bonds. The molecule has 0 radical (unpaired) electrons. The SMILES string of the molecule is CC(=O)N1CCOC2c3cc(O[Si](C(C)C)(C(C)C)C(C)C)ccc3CCC21. The molecule has 1 aromatic rings. The van der Waals surface area contributed by atoms with Crippen LogP contribution in [0, 0.1) is 0 Å². The Morgan fingerprint density at radius 2 is 1.79 bits per heavy atom. The topological polar surface area (TPSA) is 38.8 Å². The van der Waals surface area contributed by atoms with Crippen LogP contribution < -0.4 is 4.43 Å². The number of ether oxygens (including phenoxy) is 1. The summed E-state index contributed by atoms with van der Waals surface area (Å²) in [4.78, 5) is 14.1. The Kier molecular flexibility index (Phi) is 6.25. The predicted molar refractivity (Wildman–Crippen MR) is 116 cm³/mol. The monoisotopic (exact) mass is 403 g/mol. The van der Waals surface area contributed by atoms with Gasteiger partial charge in [0.05, 0.1) is 12.6 Å². The predicted octanol–water partition coefficient (Wildman–Crippen LogP) is 5.48. The highest BCUT2D eigenvalue weighted by molar-refractivity contribution is 6.78. The highest BCUT2D eigenvalue weighted by Gasteiger charge is 2.47. The van der Waals surface area contributed by atoms with Crippen molar-refractivity contribution >= 4 is 14.2 Å². The second-order valence-corrected chi connectivity index (χ2v) is 14.8. The van der Waals surface area contributed by atoms with E-state index in [4.69, 9.17) is 9.16 Å². The van der Waals surface area contributed by atoms with E-state index >= 15 is 0 Å². The van der Waals surface area contributed by atoms with Gasteiger partial charge in [-0.05, 0) is 52.7 Å². The number of aryl methyl sites for hydroxylation is 1. The molecule has 0 bridgehead atoms. The Labute approximate surface area is 171 Å². The average molecular weight is 404 g/mol. The summed E-state index contributed by atoms with van der Waals surface area (Å²) in [5.41, 5.74) is 4.17. The molecule has 1 aromatic carbocycles. The molecule has 0 spiro atoms. The van der Waals surface area contributed by atoms with Crippen LogP contribution in [0.3, 0.4) is 0 Å². The zero-order valence-electron chi connectivity index (χ0n) is 18.6. The molecule has 2 aliphatic rings. The Bertz CT molecular complexity index is 694. The van der Waals surface area contributed by atoms with Gasteiger partial charge < -0.3 is 14.1 Å². The summed E-state index contributed by atoms with van der Waals surface area (Å²) in [5, 5.41) is 0. The molecule has 1 heterocycles. The van der Waals surface area contributed by atoms with Gasteiger partial charge in [0, 0.05) is 13.5 Å². The van der Waals surface area contributed by atoms with Gasteiger partial charge >= 0.3 is 0 Å². The molecule has 1 aliphatic heterocycles.